The van der Waals surface area contributed by atoms with Gasteiger partial charge in [-0.15, -0.1) is 0 Å². The summed E-state index contributed by atoms with van der Waals surface area (Å²) in [6.45, 7) is 2.33. The minimum absolute atomic E-state index is 0.0295. The third-order valence-electron chi connectivity index (χ3n) is 2.66. The van der Waals surface area contributed by atoms with Crippen molar-refractivity contribution >= 4 is 17.5 Å². The minimum atomic E-state index is -0.362. The first-order chi connectivity index (χ1) is 8.99. The summed E-state index contributed by atoms with van der Waals surface area (Å²) in [5, 5.41) is 11.9. The fraction of sp³-hybridized carbons (Fsp3) is 0.385. The van der Waals surface area contributed by atoms with Crippen LogP contribution in [0.15, 0.2) is 18.2 Å². The predicted molar refractivity (Wildman–Crippen MR) is 72.8 cm³/mol. The van der Waals surface area contributed by atoms with Crippen LogP contribution in [0.25, 0.3) is 0 Å². The summed E-state index contributed by atoms with van der Waals surface area (Å²) in [4.78, 5) is 25.1. The Hall–Kier alpha value is -2.24. The molecule has 0 bridgehead atoms. The smallest absolute Gasteiger partial charge is 0.256 e. The number of nitrogens with zero attached hydrogens (tertiary/aromatic N) is 1. The summed E-state index contributed by atoms with van der Waals surface area (Å²) in [6, 6.07) is 4.19. The number of hydrogen-bond acceptors (Lipinski definition) is 4. The number of benzene rings is 1. The van der Waals surface area contributed by atoms with E-state index in [9.17, 15) is 14.7 Å². The molecule has 4 N–H and O–H groups in total. The lowest BCUT2D eigenvalue weighted by Crippen LogP contribution is -2.40. The Labute approximate surface area is 112 Å². The third-order valence-corrected chi connectivity index (χ3v) is 2.66. The van der Waals surface area contributed by atoms with Gasteiger partial charge in [0, 0.05) is 19.3 Å². The summed E-state index contributed by atoms with van der Waals surface area (Å²) in [5.74, 6) is -0.645. The Balaban J connectivity index is 2.98. The van der Waals surface area contributed by atoms with Gasteiger partial charge in [0.1, 0.15) is 5.75 Å². The Kier molecular flexibility index (Phi) is 5.17. The van der Waals surface area contributed by atoms with E-state index >= 15 is 0 Å². The number of nitrogens with one attached hydrogen (secondary N) is 1. The van der Waals surface area contributed by atoms with Gasteiger partial charge in [-0.05, 0) is 24.6 Å². The van der Waals surface area contributed by atoms with Crippen LogP contribution in [-0.2, 0) is 4.79 Å². The third kappa shape index (κ3) is 3.87. The molecule has 1 aromatic rings. The molecule has 0 aliphatic carbocycles. The Morgan fingerprint density at radius 2 is 2.11 bits per heavy atom. The number of phenolic OH excluding ortho intramolecular Hbond substituents is 1. The van der Waals surface area contributed by atoms with E-state index < -0.39 is 0 Å². The molecule has 0 fully saturated rings. The van der Waals surface area contributed by atoms with Crippen molar-refractivity contribution in [2.24, 2.45) is 0 Å². The molecule has 2 amide bonds. The molecule has 0 spiro atoms. The predicted octanol–water partition coefficient (Wildman–Crippen LogP) is 0.573. The standard InChI is InChI=1S/C13H19N3O3/c1-3-6-16(8-12(18)15-2)13(19)10-7-9(17)4-5-11(10)14/h4-5,7,17H,3,6,8,14H2,1-2H3,(H,15,18). The van der Waals surface area contributed by atoms with Gasteiger partial charge in [0.05, 0.1) is 12.1 Å². The largest absolute Gasteiger partial charge is 0.508 e. The van der Waals surface area contributed by atoms with Crippen LogP contribution >= 0.6 is 0 Å². The Morgan fingerprint density at radius 1 is 1.42 bits per heavy atom. The summed E-state index contributed by atoms with van der Waals surface area (Å²) < 4.78 is 0. The molecular weight excluding hydrogens is 246 g/mol. The monoisotopic (exact) mass is 265 g/mol. The normalized spacial score (nSPS) is 10.0. The first-order valence-electron chi connectivity index (χ1n) is 6.08. The topological polar surface area (TPSA) is 95.7 Å². The van der Waals surface area contributed by atoms with Crippen molar-refractivity contribution in [3.05, 3.63) is 23.8 Å². The number of anilines is 1. The first-order valence-corrected chi connectivity index (χ1v) is 6.08. The van der Waals surface area contributed by atoms with Crippen LogP contribution in [0.1, 0.15) is 23.7 Å². The summed E-state index contributed by atoms with van der Waals surface area (Å²) in [7, 11) is 1.51. The molecule has 1 aromatic carbocycles. The zero-order valence-electron chi connectivity index (χ0n) is 11.1. The van der Waals surface area contributed by atoms with Crippen molar-refractivity contribution in [1.82, 2.24) is 10.2 Å². The second-order valence-electron chi connectivity index (χ2n) is 4.17. The first kappa shape index (κ1) is 14.8. The maximum atomic E-state index is 12.3. The van der Waals surface area contributed by atoms with E-state index in [0.717, 1.165) is 6.42 Å². The maximum Gasteiger partial charge on any atom is 0.256 e. The Morgan fingerprint density at radius 3 is 2.68 bits per heavy atom. The summed E-state index contributed by atoms with van der Waals surface area (Å²) >= 11 is 0. The molecule has 6 nitrogen and oxygen atoms in total. The van der Waals surface area contributed by atoms with Crippen molar-refractivity contribution in [3.8, 4) is 5.75 Å². The van der Waals surface area contributed by atoms with Gasteiger partial charge in [-0.3, -0.25) is 9.59 Å². The van der Waals surface area contributed by atoms with E-state index in [1.54, 1.807) is 0 Å². The average Bonchev–Trinajstić information content (AvgIpc) is 2.40. The fourth-order valence-electron chi connectivity index (χ4n) is 1.67. The molecule has 0 aliphatic heterocycles. The highest BCUT2D eigenvalue weighted by molar-refractivity contribution is 6.01. The molecule has 19 heavy (non-hydrogen) atoms. The van der Waals surface area contributed by atoms with Gasteiger partial charge in [-0.2, -0.15) is 0 Å². The second kappa shape index (κ2) is 6.63. The molecule has 104 valence electrons. The van der Waals surface area contributed by atoms with E-state index in [1.807, 2.05) is 6.92 Å². The van der Waals surface area contributed by atoms with Gasteiger partial charge in [0.15, 0.2) is 0 Å². The van der Waals surface area contributed by atoms with Crippen LogP contribution in [0.4, 0.5) is 5.69 Å². The molecule has 0 atom stereocenters. The van der Waals surface area contributed by atoms with E-state index in [4.69, 9.17) is 5.73 Å². The average molecular weight is 265 g/mol. The molecule has 0 unspecified atom stereocenters. The van der Waals surface area contributed by atoms with Crippen molar-refractivity contribution in [2.75, 3.05) is 25.9 Å². The number of carbonyl (C=O) groups excluding carboxylic acids is 2. The number of likely N-dealkylation sites (N-methyl/N-ethyl adjacent to an activating group) is 1. The van der Waals surface area contributed by atoms with Gasteiger partial charge in [-0.1, -0.05) is 6.92 Å². The van der Waals surface area contributed by atoms with Crippen molar-refractivity contribution in [2.45, 2.75) is 13.3 Å². The van der Waals surface area contributed by atoms with Crippen LogP contribution in [0.3, 0.4) is 0 Å². The van der Waals surface area contributed by atoms with E-state index in [1.165, 1.54) is 30.1 Å². The lowest BCUT2D eigenvalue weighted by Gasteiger charge is -2.22. The van der Waals surface area contributed by atoms with Crippen LogP contribution in [0.2, 0.25) is 0 Å². The van der Waals surface area contributed by atoms with Crippen molar-refractivity contribution < 1.29 is 14.7 Å². The molecule has 0 saturated heterocycles. The number of phenols is 1. The molecule has 0 radical (unpaired) electrons. The number of rotatable bonds is 5. The second-order valence-corrected chi connectivity index (χ2v) is 4.17. The fourth-order valence-corrected chi connectivity index (χ4v) is 1.67. The number of amides is 2. The highest BCUT2D eigenvalue weighted by atomic mass is 16.3. The molecule has 0 heterocycles. The van der Waals surface area contributed by atoms with Gasteiger partial charge in [0.25, 0.3) is 5.91 Å². The molecule has 0 aromatic heterocycles. The van der Waals surface area contributed by atoms with E-state index in [0.29, 0.717) is 6.54 Å². The molecule has 0 saturated carbocycles. The zero-order valence-corrected chi connectivity index (χ0v) is 11.1. The maximum absolute atomic E-state index is 12.3. The van der Waals surface area contributed by atoms with Crippen LogP contribution in [-0.4, -0.2) is 42.0 Å². The van der Waals surface area contributed by atoms with E-state index in [2.05, 4.69) is 5.32 Å². The van der Waals surface area contributed by atoms with Gasteiger partial charge < -0.3 is 21.1 Å². The quantitative estimate of drug-likeness (QED) is 0.536. The number of aromatic hydroxyl groups is 1. The SMILES string of the molecule is CCCN(CC(=O)NC)C(=O)c1cc(O)ccc1N. The van der Waals surface area contributed by atoms with Crippen molar-refractivity contribution in [3.63, 3.8) is 0 Å². The zero-order chi connectivity index (χ0) is 14.4. The number of nitrogens with two attached hydrogens (primary N) is 1. The Bertz CT molecular complexity index is 474. The summed E-state index contributed by atoms with van der Waals surface area (Å²) in [5.41, 5.74) is 6.21. The molecule has 6 heteroatoms. The lowest BCUT2D eigenvalue weighted by atomic mass is 10.1. The number of nitrogen functional groups attached to an aromatic ring is 1. The van der Waals surface area contributed by atoms with Gasteiger partial charge in [-0.25, -0.2) is 0 Å². The van der Waals surface area contributed by atoms with Crippen LogP contribution < -0.4 is 11.1 Å². The van der Waals surface area contributed by atoms with E-state index in [-0.39, 0.29) is 35.4 Å². The lowest BCUT2D eigenvalue weighted by molar-refractivity contribution is -0.121. The van der Waals surface area contributed by atoms with Crippen molar-refractivity contribution in [1.29, 1.82) is 0 Å². The highest BCUT2D eigenvalue weighted by Gasteiger charge is 2.20. The van der Waals surface area contributed by atoms with Crippen LogP contribution in [0, 0.1) is 0 Å². The highest BCUT2D eigenvalue weighted by Crippen LogP contribution is 2.20. The van der Waals surface area contributed by atoms with Crippen LogP contribution in [0.5, 0.6) is 5.75 Å². The van der Waals surface area contributed by atoms with Gasteiger partial charge in [0.2, 0.25) is 5.91 Å². The molecular formula is C13H19N3O3. The molecule has 1 rings (SSSR count). The van der Waals surface area contributed by atoms with Gasteiger partial charge >= 0.3 is 0 Å². The molecule has 0 aliphatic rings. The number of carbonyl (C=O) groups is 2. The summed E-state index contributed by atoms with van der Waals surface area (Å²) in [6.07, 6.45) is 0.724. The number of hydrogen-bond donors (Lipinski definition) is 3. The minimum Gasteiger partial charge on any atom is -0.508 e.